The van der Waals surface area contributed by atoms with Gasteiger partial charge in [-0.05, 0) is 18.8 Å². The van der Waals surface area contributed by atoms with E-state index in [4.69, 9.17) is 0 Å². The highest BCUT2D eigenvalue weighted by Gasteiger charge is 2.54. The second kappa shape index (κ2) is 2.21. The van der Waals surface area contributed by atoms with E-state index in [-0.39, 0.29) is 11.8 Å². The van der Waals surface area contributed by atoms with Crippen LogP contribution in [0.4, 0.5) is 0 Å². The number of carbonyl (C=O) groups excluding carboxylic acids is 2. The summed E-state index contributed by atoms with van der Waals surface area (Å²) in [6.07, 6.45) is 1.64. The van der Waals surface area contributed by atoms with Crippen LogP contribution >= 0.6 is 0 Å². The zero-order valence-electron chi connectivity index (χ0n) is 7.02. The van der Waals surface area contributed by atoms with Crippen LogP contribution in [0.25, 0.3) is 0 Å². The Labute approximate surface area is 70.7 Å². The molecule has 0 unspecified atom stereocenters. The van der Waals surface area contributed by atoms with Gasteiger partial charge in [-0.1, -0.05) is 0 Å². The SMILES string of the molecule is CC(=O)NC12CC(CNC1=O)C2. The number of hydrogen-bond donors (Lipinski definition) is 2. The van der Waals surface area contributed by atoms with Crippen molar-refractivity contribution in [2.75, 3.05) is 6.54 Å². The standard InChI is InChI=1S/C8H12N2O2/c1-5(11)10-8-2-6(3-8)4-9-7(8)12/h6H,2-4H2,1H3,(H,9,12)(H,10,11). The number of fused-ring (bicyclic) bond motifs is 2. The third-order valence-corrected chi connectivity index (χ3v) is 2.68. The van der Waals surface area contributed by atoms with Gasteiger partial charge in [0.05, 0.1) is 0 Å². The Morgan fingerprint density at radius 2 is 2.33 bits per heavy atom. The number of carbonyl (C=O) groups is 2. The molecule has 0 aromatic carbocycles. The van der Waals surface area contributed by atoms with Crippen molar-refractivity contribution in [2.45, 2.75) is 25.3 Å². The van der Waals surface area contributed by atoms with E-state index in [1.165, 1.54) is 6.92 Å². The monoisotopic (exact) mass is 168 g/mol. The molecule has 0 aromatic heterocycles. The molecule has 3 aliphatic rings. The molecule has 0 aromatic rings. The maximum Gasteiger partial charge on any atom is 0.245 e. The van der Waals surface area contributed by atoms with Gasteiger partial charge >= 0.3 is 0 Å². The van der Waals surface area contributed by atoms with Crippen molar-refractivity contribution >= 4 is 11.8 Å². The first-order valence-electron chi connectivity index (χ1n) is 4.19. The zero-order valence-corrected chi connectivity index (χ0v) is 7.02. The van der Waals surface area contributed by atoms with E-state index < -0.39 is 5.54 Å². The fourth-order valence-electron chi connectivity index (χ4n) is 2.16. The summed E-state index contributed by atoms with van der Waals surface area (Å²) in [6.45, 7) is 2.23. The van der Waals surface area contributed by atoms with Gasteiger partial charge in [0.25, 0.3) is 0 Å². The lowest BCUT2D eigenvalue weighted by Gasteiger charge is -2.50. The average molecular weight is 168 g/mol. The van der Waals surface area contributed by atoms with Gasteiger partial charge in [-0.3, -0.25) is 9.59 Å². The van der Waals surface area contributed by atoms with Crippen LogP contribution in [0.2, 0.25) is 0 Å². The first-order chi connectivity index (χ1) is 5.62. The van der Waals surface area contributed by atoms with Gasteiger partial charge in [0, 0.05) is 13.5 Å². The van der Waals surface area contributed by atoms with E-state index in [9.17, 15) is 9.59 Å². The largest absolute Gasteiger partial charge is 0.354 e. The molecule has 3 rings (SSSR count). The smallest absolute Gasteiger partial charge is 0.245 e. The van der Waals surface area contributed by atoms with Gasteiger partial charge < -0.3 is 10.6 Å². The van der Waals surface area contributed by atoms with E-state index in [1.807, 2.05) is 0 Å². The zero-order chi connectivity index (χ0) is 8.77. The van der Waals surface area contributed by atoms with Gasteiger partial charge in [-0.25, -0.2) is 0 Å². The fourth-order valence-corrected chi connectivity index (χ4v) is 2.16. The second-order valence-electron chi connectivity index (χ2n) is 3.75. The first kappa shape index (κ1) is 7.58. The van der Waals surface area contributed by atoms with Crippen LogP contribution < -0.4 is 10.6 Å². The summed E-state index contributed by atoms with van der Waals surface area (Å²) < 4.78 is 0. The van der Waals surface area contributed by atoms with E-state index in [0.29, 0.717) is 5.92 Å². The highest BCUT2D eigenvalue weighted by Crippen LogP contribution is 2.40. The van der Waals surface area contributed by atoms with Gasteiger partial charge in [0.2, 0.25) is 11.8 Å². The van der Waals surface area contributed by atoms with Crippen molar-refractivity contribution in [1.29, 1.82) is 0 Å². The van der Waals surface area contributed by atoms with Crippen LogP contribution in [0.1, 0.15) is 19.8 Å². The fraction of sp³-hybridized carbons (Fsp3) is 0.750. The molecule has 2 bridgehead atoms. The summed E-state index contributed by atoms with van der Waals surface area (Å²) >= 11 is 0. The molecule has 1 aliphatic carbocycles. The van der Waals surface area contributed by atoms with E-state index >= 15 is 0 Å². The molecule has 12 heavy (non-hydrogen) atoms. The number of rotatable bonds is 1. The number of nitrogens with one attached hydrogen (secondary N) is 2. The van der Waals surface area contributed by atoms with Crippen molar-refractivity contribution < 1.29 is 9.59 Å². The van der Waals surface area contributed by atoms with Crippen molar-refractivity contribution in [3.8, 4) is 0 Å². The molecule has 0 spiro atoms. The van der Waals surface area contributed by atoms with Crippen molar-refractivity contribution in [3.63, 3.8) is 0 Å². The normalized spacial score (nSPS) is 38.1. The van der Waals surface area contributed by atoms with Crippen molar-refractivity contribution in [1.82, 2.24) is 10.6 Å². The van der Waals surface area contributed by atoms with Crippen LogP contribution in [0.5, 0.6) is 0 Å². The third kappa shape index (κ3) is 0.906. The molecule has 0 radical (unpaired) electrons. The Balaban J connectivity index is 2.10. The minimum absolute atomic E-state index is 0.0137. The molecule has 2 aliphatic heterocycles. The maximum atomic E-state index is 11.4. The minimum Gasteiger partial charge on any atom is -0.354 e. The summed E-state index contributed by atoms with van der Waals surface area (Å²) in [7, 11) is 0. The van der Waals surface area contributed by atoms with Crippen LogP contribution in [0.15, 0.2) is 0 Å². The third-order valence-electron chi connectivity index (χ3n) is 2.68. The molecule has 4 heteroatoms. The number of piperidine rings is 2. The summed E-state index contributed by atoms with van der Waals surface area (Å²) in [6, 6.07) is 0. The van der Waals surface area contributed by atoms with Crippen LogP contribution in [0.3, 0.4) is 0 Å². The Morgan fingerprint density at radius 1 is 1.67 bits per heavy atom. The Morgan fingerprint density at radius 3 is 2.83 bits per heavy atom. The lowest BCUT2D eigenvalue weighted by atomic mass is 9.65. The van der Waals surface area contributed by atoms with Gasteiger partial charge in [-0.15, -0.1) is 0 Å². The number of amides is 2. The maximum absolute atomic E-state index is 11.4. The highest BCUT2D eigenvalue weighted by molar-refractivity contribution is 5.93. The predicted octanol–water partition coefficient (Wildman–Crippen LogP) is -0.599. The molecular formula is C8H12N2O2. The van der Waals surface area contributed by atoms with E-state index in [0.717, 1.165) is 19.4 Å². The Kier molecular flexibility index (Phi) is 1.40. The lowest BCUT2D eigenvalue weighted by Crippen LogP contribution is -2.71. The Bertz CT molecular complexity index is 243. The molecule has 2 heterocycles. The Hall–Kier alpha value is -1.06. The van der Waals surface area contributed by atoms with E-state index in [1.54, 1.807) is 0 Å². The summed E-state index contributed by atoms with van der Waals surface area (Å²) in [5, 5.41) is 5.50. The quantitative estimate of drug-likeness (QED) is 0.549. The molecule has 2 N–H and O–H groups in total. The highest BCUT2D eigenvalue weighted by atomic mass is 16.2. The predicted molar refractivity (Wildman–Crippen MR) is 42.3 cm³/mol. The second-order valence-corrected chi connectivity index (χ2v) is 3.75. The number of hydrogen-bond acceptors (Lipinski definition) is 2. The molecule has 2 saturated heterocycles. The first-order valence-corrected chi connectivity index (χ1v) is 4.19. The van der Waals surface area contributed by atoms with Crippen molar-refractivity contribution in [2.24, 2.45) is 5.92 Å². The lowest BCUT2D eigenvalue weighted by molar-refractivity contribution is -0.143. The average Bonchev–Trinajstić information content (AvgIpc) is 1.89. The van der Waals surface area contributed by atoms with Gasteiger partial charge in [0.15, 0.2) is 0 Å². The van der Waals surface area contributed by atoms with Gasteiger partial charge in [-0.2, -0.15) is 0 Å². The van der Waals surface area contributed by atoms with Crippen LogP contribution in [-0.2, 0) is 9.59 Å². The van der Waals surface area contributed by atoms with Gasteiger partial charge in [0.1, 0.15) is 5.54 Å². The minimum atomic E-state index is -0.547. The van der Waals surface area contributed by atoms with E-state index in [2.05, 4.69) is 10.6 Å². The molecule has 0 atom stereocenters. The summed E-state index contributed by atoms with van der Waals surface area (Å²) in [5.41, 5.74) is -0.547. The van der Waals surface area contributed by atoms with Crippen LogP contribution in [-0.4, -0.2) is 23.9 Å². The molecule has 4 nitrogen and oxygen atoms in total. The molecule has 66 valence electrons. The molecular weight excluding hydrogens is 156 g/mol. The molecule has 2 amide bonds. The summed E-state index contributed by atoms with van der Waals surface area (Å²) in [4.78, 5) is 22.2. The topological polar surface area (TPSA) is 58.2 Å². The van der Waals surface area contributed by atoms with Crippen LogP contribution in [0, 0.1) is 5.92 Å². The molecule has 1 saturated carbocycles. The molecule has 3 fully saturated rings. The summed E-state index contributed by atoms with van der Waals surface area (Å²) in [5.74, 6) is 0.445. The van der Waals surface area contributed by atoms with Crippen molar-refractivity contribution in [3.05, 3.63) is 0 Å².